The zero-order valence-electron chi connectivity index (χ0n) is 63.5. The second kappa shape index (κ2) is 27.6. The number of hydrogen-bond donors (Lipinski definition) is 0. The van der Waals surface area contributed by atoms with Gasteiger partial charge in [-0.25, -0.2) is 19.9 Å². The van der Waals surface area contributed by atoms with Crippen LogP contribution in [0.25, 0.3) is 226 Å². The Morgan fingerprint density at radius 1 is 0.171 bits per heavy atom. The van der Waals surface area contributed by atoms with E-state index in [2.05, 4.69) is 432 Å². The van der Waals surface area contributed by atoms with Gasteiger partial charge in [0.25, 0.3) is 0 Å². The molecule has 0 saturated heterocycles. The van der Waals surface area contributed by atoms with Crippen molar-refractivity contribution < 1.29 is 0 Å². The molecular weight excluding hydrogens is 1420 g/mol. The first-order chi connectivity index (χ1) is 58.0. The molecule has 19 aromatic carbocycles. The molecule has 0 N–H and O–H groups in total. The van der Waals surface area contributed by atoms with E-state index in [9.17, 15) is 0 Å². The zero-order chi connectivity index (χ0) is 77.0. The molecule has 0 fully saturated rings. The first kappa shape index (κ1) is 67.0. The topological polar surface area (TPSA) is 66.3 Å². The number of hydrogen-bond acceptors (Lipinski definition) is 4. The van der Waals surface area contributed by atoms with E-state index >= 15 is 0 Å². The summed E-state index contributed by atoms with van der Waals surface area (Å²) in [6, 6.07) is 150. The summed E-state index contributed by atoms with van der Waals surface area (Å²) >= 11 is 0. The third-order valence-corrected chi connectivity index (χ3v) is 23.7. The molecule has 7 heteroatoms. The number of fused-ring (bicyclic) bond motifs is 19. The molecule has 0 unspecified atom stereocenters. The predicted molar refractivity (Wildman–Crippen MR) is 490 cm³/mol. The van der Waals surface area contributed by atoms with Crippen LogP contribution in [-0.2, 0) is 0 Å². The maximum atomic E-state index is 5.43. The monoisotopic (exact) mass is 1490 g/mol. The Labute approximate surface area is 673 Å². The lowest BCUT2D eigenvalue weighted by Gasteiger charge is -2.14. The quantitative estimate of drug-likeness (QED) is 0.137. The largest absolute Gasteiger partial charge is 0.309 e. The lowest BCUT2D eigenvalue weighted by atomic mass is 9.93. The van der Waals surface area contributed by atoms with Crippen LogP contribution in [-0.4, -0.2) is 33.6 Å². The predicted octanol–water partition coefficient (Wildman–Crippen LogP) is 28.8. The molecule has 0 saturated carbocycles. The number of para-hydroxylation sites is 4. The Bertz CT molecular complexity index is 7940. The fourth-order valence-corrected chi connectivity index (χ4v) is 18.3. The lowest BCUT2D eigenvalue weighted by molar-refractivity contribution is 1.01. The normalized spacial score (nSPS) is 11.8. The van der Waals surface area contributed by atoms with Crippen molar-refractivity contribution in [1.82, 2.24) is 33.6 Å². The Morgan fingerprint density at radius 2 is 0.538 bits per heavy atom. The first-order valence-electron chi connectivity index (χ1n) is 39.9. The minimum atomic E-state index is 0.653. The summed E-state index contributed by atoms with van der Waals surface area (Å²) in [6.45, 7) is 0. The van der Waals surface area contributed by atoms with Gasteiger partial charge in [-0.1, -0.05) is 309 Å². The van der Waals surface area contributed by atoms with Crippen molar-refractivity contribution in [2.24, 2.45) is 0 Å². The van der Waals surface area contributed by atoms with Crippen LogP contribution in [0.5, 0.6) is 0 Å². The second-order valence-electron chi connectivity index (χ2n) is 30.3. The molecule has 0 aliphatic heterocycles. The SMILES string of the molecule is c1ccc(-c2cc(-c3ccccc3)cc(-c3ccc(-c4nc(-c5ccc(-n6c7ccc8ccccc8c7c7c8ccccc8ccc76)cc5)nc5ccccc45)cc3)c2)cc1.c1ccc(-c2nc(-n3c4ccc5ccccc5c4c4c5ccccc5c(-c5ccc6c(c5)c5ccccc5n6-c5ccccc5)cc43)nc3ccccc23)cc1. The molecule has 544 valence electrons. The molecule has 24 aromatic rings. The molecule has 0 spiro atoms. The van der Waals surface area contributed by atoms with Gasteiger partial charge >= 0.3 is 0 Å². The third-order valence-electron chi connectivity index (χ3n) is 23.7. The molecule has 0 atom stereocenters. The first-order valence-corrected chi connectivity index (χ1v) is 39.9. The van der Waals surface area contributed by atoms with E-state index in [1.54, 1.807) is 0 Å². The van der Waals surface area contributed by atoms with Crippen molar-refractivity contribution in [1.29, 1.82) is 0 Å². The van der Waals surface area contributed by atoms with E-state index in [0.717, 1.165) is 83.4 Å². The molecule has 7 nitrogen and oxygen atoms in total. The van der Waals surface area contributed by atoms with Gasteiger partial charge in [-0.05, 0) is 197 Å². The van der Waals surface area contributed by atoms with Gasteiger partial charge in [-0.15, -0.1) is 0 Å². The van der Waals surface area contributed by atoms with Gasteiger partial charge < -0.3 is 9.13 Å². The van der Waals surface area contributed by atoms with Crippen LogP contribution in [0.4, 0.5) is 0 Å². The molecule has 0 bridgehead atoms. The smallest absolute Gasteiger partial charge is 0.235 e. The van der Waals surface area contributed by atoms with Crippen molar-refractivity contribution in [3.63, 3.8) is 0 Å². The van der Waals surface area contributed by atoms with Gasteiger partial charge in [0, 0.05) is 71.2 Å². The van der Waals surface area contributed by atoms with E-state index in [1.165, 1.54) is 131 Å². The van der Waals surface area contributed by atoms with Gasteiger partial charge in [0.15, 0.2) is 5.82 Å². The summed E-state index contributed by atoms with van der Waals surface area (Å²) in [4.78, 5) is 21.2. The highest BCUT2D eigenvalue weighted by atomic mass is 15.2. The van der Waals surface area contributed by atoms with E-state index < -0.39 is 0 Å². The summed E-state index contributed by atoms with van der Waals surface area (Å²) in [5.74, 6) is 1.35. The number of nitrogens with zero attached hydrogens (tertiary/aromatic N) is 7. The Kier molecular flexibility index (Phi) is 15.8. The minimum absolute atomic E-state index is 0.653. The van der Waals surface area contributed by atoms with E-state index in [4.69, 9.17) is 19.9 Å². The number of benzene rings is 19. The standard InChI is InChI=1S/C58H37N3.C52H32N4/c1-3-13-38(14-4-1)45-35-46(39-15-5-2-6-16-39)37-47(36-45)40-23-25-43(26-24-40)57-51-21-11-12-22-52(51)59-58(60-57)44-27-31-48(32-28-44)61-53-33-29-41-17-7-9-19-49(41)55(53)56-50-20-10-8-18-42(50)30-34-54(56)61;1-3-16-34(17-4-1)51-41-24-11-13-25-44(41)53-52(54-51)56-47-30-27-33-15-7-8-20-37(33)49(47)50-40-23-10-9-21-38(40)42(32-48(50)56)35-28-29-46-43(31-35)39-22-12-14-26-45(39)55(46)36-18-5-2-6-19-36/h1-37H;1-32H. The molecule has 0 aliphatic carbocycles. The fraction of sp³-hybridized carbons (Fsp3) is 0. The van der Waals surface area contributed by atoms with Gasteiger partial charge in [-0.3, -0.25) is 4.57 Å². The van der Waals surface area contributed by atoms with Crippen molar-refractivity contribution in [2.45, 2.75) is 0 Å². The average molecular weight is 1490 g/mol. The summed E-state index contributed by atoms with van der Waals surface area (Å²) < 4.78 is 7.08. The van der Waals surface area contributed by atoms with E-state index in [0.29, 0.717) is 11.8 Å². The summed E-state index contributed by atoms with van der Waals surface area (Å²) in [7, 11) is 0. The van der Waals surface area contributed by atoms with Gasteiger partial charge in [0.05, 0.1) is 55.5 Å². The molecule has 24 rings (SSSR count). The molecule has 5 heterocycles. The second-order valence-corrected chi connectivity index (χ2v) is 30.3. The number of rotatable bonds is 10. The molecular formula is C110H69N7. The Balaban J connectivity index is 0.000000138. The average Bonchev–Trinajstić information content (AvgIpc) is 1.56. The van der Waals surface area contributed by atoms with Crippen LogP contribution < -0.4 is 0 Å². The summed E-state index contributed by atoms with van der Waals surface area (Å²) in [5.41, 5.74) is 25.3. The highest BCUT2D eigenvalue weighted by Crippen LogP contribution is 2.47. The molecule has 0 radical (unpaired) electrons. The highest BCUT2D eigenvalue weighted by Gasteiger charge is 2.25. The third kappa shape index (κ3) is 11.3. The maximum Gasteiger partial charge on any atom is 0.235 e. The van der Waals surface area contributed by atoms with Crippen LogP contribution in [0, 0.1) is 0 Å². The van der Waals surface area contributed by atoms with Crippen LogP contribution in [0.2, 0.25) is 0 Å². The van der Waals surface area contributed by atoms with Gasteiger partial charge in [0.2, 0.25) is 5.95 Å². The summed E-state index contributed by atoms with van der Waals surface area (Å²) in [6.07, 6.45) is 0. The highest BCUT2D eigenvalue weighted by molar-refractivity contribution is 6.31. The molecule has 117 heavy (non-hydrogen) atoms. The van der Waals surface area contributed by atoms with Crippen molar-refractivity contribution in [3.8, 4) is 95.7 Å². The van der Waals surface area contributed by atoms with E-state index in [1.807, 2.05) is 0 Å². The van der Waals surface area contributed by atoms with Crippen LogP contribution in [0.1, 0.15) is 0 Å². The molecule has 0 aliphatic rings. The van der Waals surface area contributed by atoms with Crippen LogP contribution in [0.3, 0.4) is 0 Å². The van der Waals surface area contributed by atoms with Crippen molar-refractivity contribution in [2.75, 3.05) is 0 Å². The van der Waals surface area contributed by atoms with Crippen molar-refractivity contribution in [3.05, 3.63) is 419 Å². The summed E-state index contributed by atoms with van der Waals surface area (Å²) in [5, 5.41) is 19.3. The van der Waals surface area contributed by atoms with Crippen LogP contribution in [0.15, 0.2) is 419 Å². The lowest BCUT2D eigenvalue weighted by Crippen LogP contribution is -2.03. The van der Waals surface area contributed by atoms with Crippen LogP contribution >= 0.6 is 0 Å². The Hall–Kier alpha value is -15.7. The number of aromatic nitrogens is 7. The maximum absolute atomic E-state index is 5.43. The van der Waals surface area contributed by atoms with Gasteiger partial charge in [-0.2, -0.15) is 0 Å². The molecule has 0 amide bonds. The minimum Gasteiger partial charge on any atom is -0.309 e. The van der Waals surface area contributed by atoms with Gasteiger partial charge in [0.1, 0.15) is 0 Å². The van der Waals surface area contributed by atoms with Crippen molar-refractivity contribution >= 4 is 130 Å². The van der Waals surface area contributed by atoms with E-state index in [-0.39, 0.29) is 0 Å². The Morgan fingerprint density at radius 3 is 1.10 bits per heavy atom. The fourth-order valence-electron chi connectivity index (χ4n) is 18.3. The molecule has 5 aromatic heterocycles. The zero-order valence-corrected chi connectivity index (χ0v) is 63.5.